The molecule has 20 heavy (non-hydrogen) atoms. The van der Waals surface area contributed by atoms with Crippen molar-refractivity contribution in [1.29, 1.82) is 0 Å². The zero-order chi connectivity index (χ0) is 15.6. The fraction of sp³-hybridized carbons (Fsp3) is 0.571. The predicted octanol–water partition coefficient (Wildman–Crippen LogP) is 3.13. The largest absolute Gasteiger partial charge is 0.598 e. The molecule has 0 bridgehead atoms. The van der Waals surface area contributed by atoms with E-state index in [1.807, 2.05) is 20.8 Å². The van der Waals surface area contributed by atoms with Crippen molar-refractivity contribution >= 4 is 23.0 Å². The van der Waals surface area contributed by atoms with Gasteiger partial charge in [-0.25, -0.2) is 4.39 Å². The zero-order valence-corrected chi connectivity index (χ0v) is 13.7. The van der Waals surface area contributed by atoms with E-state index in [-0.39, 0.29) is 18.1 Å². The second kappa shape index (κ2) is 6.62. The summed E-state index contributed by atoms with van der Waals surface area (Å²) in [6, 6.07) is 4.68. The molecule has 1 aromatic carbocycles. The maximum Gasteiger partial charge on any atom is 0.146 e. The number of halogens is 2. The van der Waals surface area contributed by atoms with Gasteiger partial charge >= 0.3 is 0 Å². The average molecular weight is 322 g/mol. The summed E-state index contributed by atoms with van der Waals surface area (Å²) < 4.78 is 28.9. The van der Waals surface area contributed by atoms with Gasteiger partial charge in [-0.15, -0.1) is 4.72 Å². The number of benzene rings is 1. The van der Waals surface area contributed by atoms with E-state index < -0.39 is 27.5 Å². The van der Waals surface area contributed by atoms with Gasteiger partial charge in [-0.2, -0.15) is 0 Å². The van der Waals surface area contributed by atoms with Crippen molar-refractivity contribution in [3.63, 3.8) is 0 Å². The van der Waals surface area contributed by atoms with Crippen molar-refractivity contribution in [2.45, 2.75) is 44.4 Å². The molecule has 0 heterocycles. The highest BCUT2D eigenvalue weighted by atomic mass is 35.5. The van der Waals surface area contributed by atoms with Crippen molar-refractivity contribution in [1.82, 2.24) is 4.72 Å². The van der Waals surface area contributed by atoms with Gasteiger partial charge in [-0.3, -0.25) is 0 Å². The standard InChI is InChI=1S/C14H21ClFNO2S/c1-13(2,3)20(19)17-14(4,8-9-18)10-6-5-7-11(15)12(10)16/h5-7,17-18H,8-9H2,1-4H3/t14-,20?/m0/s1. The maximum atomic E-state index is 14.2. The van der Waals surface area contributed by atoms with Crippen LogP contribution in [0.15, 0.2) is 18.2 Å². The lowest BCUT2D eigenvalue weighted by Crippen LogP contribution is -2.50. The van der Waals surface area contributed by atoms with E-state index in [0.717, 1.165) is 0 Å². The predicted molar refractivity (Wildman–Crippen MR) is 81.5 cm³/mol. The van der Waals surface area contributed by atoms with Crippen molar-refractivity contribution < 1.29 is 14.0 Å². The molecule has 6 heteroatoms. The molecule has 3 nitrogen and oxygen atoms in total. The van der Waals surface area contributed by atoms with E-state index in [0.29, 0.717) is 5.56 Å². The second-order valence-electron chi connectivity index (χ2n) is 5.89. The molecule has 1 unspecified atom stereocenters. The van der Waals surface area contributed by atoms with Gasteiger partial charge in [0, 0.05) is 23.5 Å². The maximum absolute atomic E-state index is 14.2. The van der Waals surface area contributed by atoms with Crippen LogP contribution in [0.25, 0.3) is 0 Å². The number of rotatable bonds is 5. The first-order valence-corrected chi connectivity index (χ1v) is 7.89. The van der Waals surface area contributed by atoms with Crippen LogP contribution >= 0.6 is 11.6 Å². The van der Waals surface area contributed by atoms with E-state index >= 15 is 0 Å². The van der Waals surface area contributed by atoms with E-state index in [1.165, 1.54) is 6.07 Å². The van der Waals surface area contributed by atoms with Crippen LogP contribution in [-0.2, 0) is 16.9 Å². The van der Waals surface area contributed by atoms with Gasteiger partial charge in [0.25, 0.3) is 0 Å². The van der Waals surface area contributed by atoms with Crippen LogP contribution in [-0.4, -0.2) is 21.0 Å². The molecule has 0 aliphatic rings. The van der Waals surface area contributed by atoms with Gasteiger partial charge < -0.3 is 9.66 Å². The molecular formula is C14H21ClFNO2S. The summed E-state index contributed by atoms with van der Waals surface area (Å²) in [5.41, 5.74) is -0.654. The number of nitrogens with one attached hydrogen (secondary N) is 1. The molecule has 0 aromatic heterocycles. The van der Waals surface area contributed by atoms with Crippen LogP contribution in [0, 0.1) is 5.82 Å². The van der Waals surface area contributed by atoms with Crippen LogP contribution in [0.3, 0.4) is 0 Å². The minimum atomic E-state index is -1.39. The molecule has 0 saturated carbocycles. The molecular weight excluding hydrogens is 301 g/mol. The van der Waals surface area contributed by atoms with Crippen molar-refractivity contribution in [3.05, 3.63) is 34.6 Å². The first kappa shape index (κ1) is 17.7. The van der Waals surface area contributed by atoms with Gasteiger partial charge in [0.1, 0.15) is 10.6 Å². The van der Waals surface area contributed by atoms with Crippen LogP contribution in [0.4, 0.5) is 4.39 Å². The molecule has 0 aliphatic heterocycles. The number of aliphatic hydroxyl groups is 1. The third-order valence-electron chi connectivity index (χ3n) is 3.03. The summed E-state index contributed by atoms with van der Waals surface area (Å²) in [5, 5.41) is 9.25. The van der Waals surface area contributed by atoms with Crippen LogP contribution in [0.2, 0.25) is 5.02 Å². The molecule has 0 amide bonds. The van der Waals surface area contributed by atoms with Crippen molar-refractivity contribution in [3.8, 4) is 0 Å². The molecule has 0 fully saturated rings. The normalized spacial score (nSPS) is 16.8. The molecule has 0 aliphatic carbocycles. The lowest BCUT2D eigenvalue weighted by Gasteiger charge is -2.35. The topological polar surface area (TPSA) is 55.3 Å². The van der Waals surface area contributed by atoms with Crippen LogP contribution in [0.1, 0.15) is 39.7 Å². The van der Waals surface area contributed by atoms with E-state index in [1.54, 1.807) is 19.1 Å². The van der Waals surface area contributed by atoms with E-state index in [9.17, 15) is 14.0 Å². The molecule has 2 atom stereocenters. The minimum absolute atomic E-state index is 0.00926. The SMILES string of the molecule is CC(C)(C)[S+]([O-])N[C@@](C)(CCO)c1cccc(Cl)c1F. The Labute approximate surface area is 127 Å². The molecule has 2 N–H and O–H groups in total. The summed E-state index contributed by atoms with van der Waals surface area (Å²) in [7, 11) is 0. The quantitative estimate of drug-likeness (QED) is 0.819. The van der Waals surface area contributed by atoms with Gasteiger partial charge in [0.05, 0.1) is 10.6 Å². The number of aliphatic hydroxyl groups excluding tert-OH is 1. The van der Waals surface area contributed by atoms with Crippen LogP contribution < -0.4 is 4.72 Å². The Morgan fingerprint density at radius 1 is 1.35 bits per heavy atom. The Hall–Kier alpha value is -0.330. The third-order valence-corrected chi connectivity index (χ3v) is 5.07. The molecule has 114 valence electrons. The van der Waals surface area contributed by atoms with Crippen molar-refractivity contribution in [2.75, 3.05) is 6.61 Å². The Morgan fingerprint density at radius 3 is 2.45 bits per heavy atom. The molecule has 0 radical (unpaired) electrons. The fourth-order valence-corrected chi connectivity index (χ4v) is 2.85. The van der Waals surface area contributed by atoms with Crippen LogP contribution in [0.5, 0.6) is 0 Å². The Kier molecular flexibility index (Phi) is 5.87. The molecule has 1 rings (SSSR count). The lowest BCUT2D eigenvalue weighted by molar-refractivity contribution is 0.234. The van der Waals surface area contributed by atoms with Gasteiger partial charge in [0.15, 0.2) is 0 Å². The fourth-order valence-electron chi connectivity index (χ4n) is 1.75. The average Bonchev–Trinajstić information content (AvgIpc) is 2.31. The molecule has 0 spiro atoms. The number of hydrogen-bond donors (Lipinski definition) is 2. The minimum Gasteiger partial charge on any atom is -0.598 e. The zero-order valence-electron chi connectivity index (χ0n) is 12.2. The van der Waals surface area contributed by atoms with Gasteiger partial charge in [-0.05, 0) is 40.2 Å². The first-order chi connectivity index (χ1) is 9.12. The molecule has 1 aromatic rings. The third kappa shape index (κ3) is 4.09. The van der Waals surface area contributed by atoms with Gasteiger partial charge in [-0.1, -0.05) is 23.7 Å². The molecule has 0 saturated heterocycles. The number of hydrogen-bond acceptors (Lipinski definition) is 3. The summed E-state index contributed by atoms with van der Waals surface area (Å²) in [4.78, 5) is 0. The van der Waals surface area contributed by atoms with Gasteiger partial charge in [0.2, 0.25) is 0 Å². The first-order valence-electron chi connectivity index (χ1n) is 6.37. The Bertz CT molecular complexity index is 467. The highest BCUT2D eigenvalue weighted by molar-refractivity contribution is 7.90. The summed E-state index contributed by atoms with van der Waals surface area (Å²) >= 11 is 4.41. The highest BCUT2D eigenvalue weighted by Crippen LogP contribution is 2.32. The lowest BCUT2D eigenvalue weighted by atomic mass is 9.89. The smallest absolute Gasteiger partial charge is 0.146 e. The second-order valence-corrected chi connectivity index (χ2v) is 8.26. The van der Waals surface area contributed by atoms with Crippen molar-refractivity contribution in [2.24, 2.45) is 0 Å². The van der Waals surface area contributed by atoms with E-state index in [4.69, 9.17) is 11.6 Å². The Morgan fingerprint density at radius 2 is 1.95 bits per heavy atom. The van der Waals surface area contributed by atoms with E-state index in [2.05, 4.69) is 4.72 Å². The highest BCUT2D eigenvalue weighted by Gasteiger charge is 2.38. The Balaban J connectivity index is 3.18. The summed E-state index contributed by atoms with van der Waals surface area (Å²) in [5.74, 6) is -0.552. The summed E-state index contributed by atoms with van der Waals surface area (Å²) in [6.45, 7) is 7.02. The summed E-state index contributed by atoms with van der Waals surface area (Å²) in [6.07, 6.45) is 0.228. The monoisotopic (exact) mass is 321 g/mol.